The highest BCUT2D eigenvalue weighted by Crippen LogP contribution is 2.14. The largest absolute Gasteiger partial charge is 0.350 e. The van der Waals surface area contributed by atoms with Gasteiger partial charge < -0.3 is 11.1 Å². The van der Waals surface area contributed by atoms with E-state index in [1.54, 1.807) is 18.2 Å². The van der Waals surface area contributed by atoms with Gasteiger partial charge in [-0.3, -0.25) is 4.79 Å². The number of aromatic nitrogens is 4. The number of nitrogens with zero attached hydrogens (tertiary/aromatic N) is 4. The van der Waals surface area contributed by atoms with Crippen molar-refractivity contribution in [3.63, 3.8) is 0 Å². The van der Waals surface area contributed by atoms with E-state index in [1.165, 1.54) is 11.0 Å². The predicted molar refractivity (Wildman–Crippen MR) is 86.2 cm³/mol. The molecule has 0 aliphatic rings. The second-order valence-electron chi connectivity index (χ2n) is 5.02. The number of hydrogen-bond acceptors (Lipinski definition) is 5. The normalized spacial score (nSPS) is 10.9. The highest BCUT2D eigenvalue weighted by Gasteiger charge is 2.22. The van der Waals surface area contributed by atoms with Gasteiger partial charge in [0.2, 0.25) is 0 Å². The van der Waals surface area contributed by atoms with E-state index in [-0.39, 0.29) is 23.9 Å². The maximum Gasteiger partial charge on any atom is 0.253 e. The molecule has 0 radical (unpaired) electrons. The summed E-state index contributed by atoms with van der Waals surface area (Å²) in [6.45, 7) is 4.47. The summed E-state index contributed by atoms with van der Waals surface area (Å²) in [6.07, 6.45) is 3.06. The number of benzene rings is 1. The molecule has 0 saturated heterocycles. The molecular formula is C14H21ClN6O. The number of rotatable bonds is 6. The molecule has 0 aliphatic heterocycles. The van der Waals surface area contributed by atoms with Crippen LogP contribution in [0.4, 0.5) is 0 Å². The summed E-state index contributed by atoms with van der Waals surface area (Å²) in [6, 6.07) is 7.17. The van der Waals surface area contributed by atoms with Gasteiger partial charge in [0, 0.05) is 12.1 Å². The van der Waals surface area contributed by atoms with Crippen molar-refractivity contribution < 1.29 is 4.79 Å². The molecule has 0 fully saturated rings. The lowest BCUT2D eigenvalue weighted by molar-refractivity contribution is 0.0942. The predicted octanol–water partition coefficient (Wildman–Crippen LogP) is 1.33. The van der Waals surface area contributed by atoms with Crippen molar-refractivity contribution in [3.8, 4) is 5.69 Å². The zero-order chi connectivity index (χ0) is 15.3. The molecule has 7 nitrogen and oxygen atoms in total. The first-order chi connectivity index (χ1) is 10.1. The quantitative estimate of drug-likeness (QED) is 0.835. The van der Waals surface area contributed by atoms with Gasteiger partial charge in [-0.1, -0.05) is 26.0 Å². The summed E-state index contributed by atoms with van der Waals surface area (Å²) in [7, 11) is 0. The van der Waals surface area contributed by atoms with Crippen LogP contribution < -0.4 is 11.1 Å². The van der Waals surface area contributed by atoms with E-state index in [0.29, 0.717) is 17.8 Å². The van der Waals surface area contributed by atoms with Crippen LogP contribution in [-0.4, -0.2) is 38.2 Å². The molecule has 22 heavy (non-hydrogen) atoms. The van der Waals surface area contributed by atoms with Gasteiger partial charge in [0.05, 0.1) is 11.3 Å². The van der Waals surface area contributed by atoms with Gasteiger partial charge in [-0.05, 0) is 35.4 Å². The van der Waals surface area contributed by atoms with Crippen LogP contribution in [0.2, 0.25) is 0 Å². The summed E-state index contributed by atoms with van der Waals surface area (Å²) in [5.41, 5.74) is 6.98. The molecular weight excluding hydrogens is 304 g/mol. The molecule has 1 heterocycles. The van der Waals surface area contributed by atoms with Gasteiger partial charge >= 0.3 is 0 Å². The Hall–Kier alpha value is -1.99. The molecule has 0 saturated carbocycles. The molecule has 0 spiro atoms. The Kier molecular flexibility index (Phi) is 6.45. The number of hydrogen-bond donors (Lipinski definition) is 2. The van der Waals surface area contributed by atoms with E-state index in [2.05, 4.69) is 20.8 Å². The van der Waals surface area contributed by atoms with Crippen molar-refractivity contribution in [2.45, 2.75) is 32.2 Å². The van der Waals surface area contributed by atoms with Crippen molar-refractivity contribution in [2.24, 2.45) is 5.73 Å². The van der Waals surface area contributed by atoms with E-state index < -0.39 is 0 Å². The number of nitrogens with one attached hydrogen (secondary N) is 1. The van der Waals surface area contributed by atoms with Crippen LogP contribution in [0.3, 0.4) is 0 Å². The molecule has 0 bridgehead atoms. The number of tetrazole rings is 1. The maximum absolute atomic E-state index is 12.4. The van der Waals surface area contributed by atoms with Crippen LogP contribution in [0.25, 0.3) is 5.69 Å². The first-order valence-corrected chi connectivity index (χ1v) is 6.99. The Bertz CT molecular complexity index is 597. The third-order valence-corrected chi connectivity index (χ3v) is 3.75. The average molecular weight is 325 g/mol. The fourth-order valence-corrected chi connectivity index (χ4v) is 1.99. The first-order valence-electron chi connectivity index (χ1n) is 6.99. The van der Waals surface area contributed by atoms with E-state index >= 15 is 0 Å². The van der Waals surface area contributed by atoms with Gasteiger partial charge in [0.15, 0.2) is 0 Å². The highest BCUT2D eigenvalue weighted by atomic mass is 35.5. The zero-order valence-electron chi connectivity index (χ0n) is 12.7. The molecule has 1 amide bonds. The lowest BCUT2D eigenvalue weighted by atomic mass is 9.94. The van der Waals surface area contributed by atoms with Crippen molar-refractivity contribution in [1.29, 1.82) is 0 Å². The molecule has 2 aromatic rings. The number of para-hydroxylation sites is 1. The van der Waals surface area contributed by atoms with Crippen LogP contribution in [0.5, 0.6) is 0 Å². The zero-order valence-corrected chi connectivity index (χ0v) is 13.5. The topological polar surface area (TPSA) is 98.7 Å². The molecule has 120 valence electrons. The summed E-state index contributed by atoms with van der Waals surface area (Å²) >= 11 is 0. The molecule has 2 rings (SSSR count). The molecule has 3 N–H and O–H groups in total. The van der Waals surface area contributed by atoms with Crippen molar-refractivity contribution >= 4 is 18.3 Å². The summed E-state index contributed by atoms with van der Waals surface area (Å²) in [5, 5.41) is 13.9. The number of amides is 1. The van der Waals surface area contributed by atoms with Crippen molar-refractivity contribution in [2.75, 3.05) is 6.54 Å². The molecule has 0 unspecified atom stereocenters. The van der Waals surface area contributed by atoms with Gasteiger partial charge in [-0.2, -0.15) is 4.68 Å². The minimum Gasteiger partial charge on any atom is -0.350 e. The number of carbonyl (C=O) groups is 1. The fraction of sp³-hybridized carbons (Fsp3) is 0.429. The minimum atomic E-state index is -0.376. The summed E-state index contributed by atoms with van der Waals surface area (Å²) in [5.74, 6) is -0.183. The van der Waals surface area contributed by atoms with Crippen LogP contribution >= 0.6 is 12.4 Å². The smallest absolute Gasteiger partial charge is 0.253 e. The standard InChI is InChI=1S/C14H20N6O.ClH/c1-3-14(15,4-2)9-16-13(21)11-7-5-6-8-12(11)20-10-17-18-19-20;/h5-8,10H,3-4,9,15H2,1-2H3,(H,16,21);1H. The molecule has 0 atom stereocenters. The SMILES string of the molecule is CCC(N)(CC)CNC(=O)c1ccccc1-n1cnnn1.Cl. The average Bonchev–Trinajstić information content (AvgIpc) is 3.06. The summed E-state index contributed by atoms with van der Waals surface area (Å²) in [4.78, 5) is 12.4. The van der Waals surface area contributed by atoms with Gasteiger partial charge in [-0.15, -0.1) is 17.5 Å². The lowest BCUT2D eigenvalue weighted by Gasteiger charge is -2.27. The Morgan fingerprint density at radius 3 is 2.59 bits per heavy atom. The minimum absolute atomic E-state index is 0. The van der Waals surface area contributed by atoms with Crippen LogP contribution in [0.15, 0.2) is 30.6 Å². The van der Waals surface area contributed by atoms with Gasteiger partial charge in [0.25, 0.3) is 5.91 Å². The van der Waals surface area contributed by atoms with E-state index in [9.17, 15) is 4.79 Å². The highest BCUT2D eigenvalue weighted by molar-refractivity contribution is 5.97. The second-order valence-corrected chi connectivity index (χ2v) is 5.02. The number of nitrogens with two attached hydrogens (primary N) is 1. The first kappa shape index (κ1) is 18.1. The molecule has 1 aromatic carbocycles. The molecule has 1 aromatic heterocycles. The fourth-order valence-electron chi connectivity index (χ4n) is 1.99. The lowest BCUT2D eigenvalue weighted by Crippen LogP contribution is -2.49. The Morgan fingerprint density at radius 2 is 2.00 bits per heavy atom. The Balaban J connectivity index is 0.00000242. The molecule has 8 heteroatoms. The van der Waals surface area contributed by atoms with Gasteiger partial charge in [0.1, 0.15) is 6.33 Å². The monoisotopic (exact) mass is 324 g/mol. The van der Waals surface area contributed by atoms with E-state index in [0.717, 1.165) is 12.8 Å². The molecule has 0 aliphatic carbocycles. The maximum atomic E-state index is 12.4. The number of carbonyl (C=O) groups excluding carboxylic acids is 1. The van der Waals surface area contributed by atoms with Crippen LogP contribution in [0.1, 0.15) is 37.0 Å². The Morgan fingerprint density at radius 1 is 1.32 bits per heavy atom. The van der Waals surface area contributed by atoms with E-state index in [1.807, 2.05) is 19.9 Å². The summed E-state index contributed by atoms with van der Waals surface area (Å²) < 4.78 is 1.46. The third kappa shape index (κ3) is 4.02. The second kappa shape index (κ2) is 7.86. The third-order valence-electron chi connectivity index (χ3n) is 3.75. The Labute approximate surface area is 135 Å². The van der Waals surface area contributed by atoms with Crippen LogP contribution in [0, 0.1) is 0 Å². The van der Waals surface area contributed by atoms with Gasteiger partial charge in [-0.25, -0.2) is 0 Å². The van der Waals surface area contributed by atoms with E-state index in [4.69, 9.17) is 5.73 Å². The van der Waals surface area contributed by atoms with Crippen LogP contribution in [-0.2, 0) is 0 Å². The van der Waals surface area contributed by atoms with Crippen molar-refractivity contribution in [3.05, 3.63) is 36.2 Å². The van der Waals surface area contributed by atoms with Crippen molar-refractivity contribution in [1.82, 2.24) is 25.5 Å². The number of halogens is 1.